The zero-order valence-electron chi connectivity index (χ0n) is 11.1. The summed E-state index contributed by atoms with van der Waals surface area (Å²) in [6.07, 6.45) is -0.735. The van der Waals surface area contributed by atoms with Crippen LogP contribution < -0.4 is 5.32 Å². The second-order valence-corrected chi connectivity index (χ2v) is 4.83. The molecule has 0 unspecified atom stereocenters. The molecule has 0 bridgehead atoms. The summed E-state index contributed by atoms with van der Waals surface area (Å²) in [5, 5.41) is 25.3. The van der Waals surface area contributed by atoms with E-state index in [2.05, 4.69) is 15.5 Å². The maximum absolute atomic E-state index is 11.6. The zero-order valence-corrected chi connectivity index (χ0v) is 11.9. The Morgan fingerprint density at radius 3 is 2.73 bits per heavy atom. The van der Waals surface area contributed by atoms with Gasteiger partial charge < -0.3 is 20.2 Å². The van der Waals surface area contributed by atoms with Crippen LogP contribution >= 0.6 is 11.3 Å². The molecular formula is C13H10N3O5S-. The molecule has 0 aliphatic rings. The van der Waals surface area contributed by atoms with Gasteiger partial charge in [0, 0.05) is 5.38 Å². The molecule has 1 aromatic carbocycles. The van der Waals surface area contributed by atoms with Gasteiger partial charge in [-0.25, -0.2) is 14.6 Å². The number of ether oxygens (including phenoxy) is 1. The number of nitrogens with zero attached hydrogens (tertiary/aromatic N) is 2. The molecule has 0 aliphatic heterocycles. The molecule has 0 aliphatic carbocycles. The molecule has 2 rings (SSSR count). The predicted octanol–water partition coefficient (Wildman–Crippen LogP) is 2.26. The highest BCUT2D eigenvalue weighted by Gasteiger charge is 2.15. The Morgan fingerprint density at radius 2 is 2.09 bits per heavy atom. The Bertz CT molecular complexity index is 699. The lowest BCUT2D eigenvalue weighted by Gasteiger charge is -2.04. The maximum atomic E-state index is 11.6. The minimum Gasteiger partial charge on any atom is -0.791 e. The third-order valence-corrected chi connectivity index (χ3v) is 3.22. The molecule has 1 heterocycles. The smallest absolute Gasteiger partial charge is 0.413 e. The number of amides is 1. The molecule has 0 saturated carbocycles. The van der Waals surface area contributed by atoms with Crippen molar-refractivity contribution >= 4 is 34.2 Å². The van der Waals surface area contributed by atoms with E-state index in [-0.39, 0.29) is 17.4 Å². The van der Waals surface area contributed by atoms with E-state index < -0.39 is 17.8 Å². The molecule has 2 aromatic rings. The minimum absolute atomic E-state index is 0.0906. The number of aliphatic carboxylic acids is 1. The molecule has 114 valence electrons. The van der Waals surface area contributed by atoms with E-state index in [0.717, 1.165) is 16.9 Å². The van der Waals surface area contributed by atoms with Gasteiger partial charge in [0.15, 0.2) is 10.8 Å². The SMILES string of the molecule is O=C(Nc1nc(/C(=N/[O-])C(=O)O)cs1)OCc1ccccc1. The average molecular weight is 320 g/mol. The second-order valence-electron chi connectivity index (χ2n) is 3.97. The fraction of sp³-hybridized carbons (Fsp3) is 0.0769. The van der Waals surface area contributed by atoms with E-state index >= 15 is 0 Å². The summed E-state index contributed by atoms with van der Waals surface area (Å²) >= 11 is 0.955. The van der Waals surface area contributed by atoms with Crippen LogP contribution in [0.25, 0.3) is 0 Å². The quantitative estimate of drug-likeness (QED) is 0.643. The number of anilines is 1. The normalized spacial score (nSPS) is 11.0. The number of rotatable bonds is 5. The second kappa shape index (κ2) is 7.18. The van der Waals surface area contributed by atoms with Crippen molar-refractivity contribution in [2.75, 3.05) is 5.32 Å². The number of aromatic nitrogens is 1. The van der Waals surface area contributed by atoms with Gasteiger partial charge in [0.05, 0.1) is 0 Å². The highest BCUT2D eigenvalue weighted by Crippen LogP contribution is 2.16. The van der Waals surface area contributed by atoms with E-state index in [1.54, 1.807) is 12.1 Å². The molecule has 1 amide bonds. The number of carbonyl (C=O) groups is 2. The number of benzene rings is 1. The number of nitrogens with one attached hydrogen (secondary N) is 1. The van der Waals surface area contributed by atoms with Crippen molar-refractivity contribution in [2.24, 2.45) is 5.16 Å². The highest BCUT2D eigenvalue weighted by atomic mass is 32.1. The lowest BCUT2D eigenvalue weighted by molar-refractivity contribution is -0.129. The Kier molecular flexibility index (Phi) is 5.04. The number of carboxylic acids is 1. The summed E-state index contributed by atoms with van der Waals surface area (Å²) in [7, 11) is 0. The monoisotopic (exact) mass is 320 g/mol. The summed E-state index contributed by atoms with van der Waals surface area (Å²) in [5.41, 5.74) is -0.0167. The van der Waals surface area contributed by atoms with Crippen LogP contribution in [0.4, 0.5) is 9.93 Å². The van der Waals surface area contributed by atoms with E-state index in [1.807, 2.05) is 18.2 Å². The van der Waals surface area contributed by atoms with Gasteiger partial charge in [0.25, 0.3) is 0 Å². The first kappa shape index (κ1) is 15.4. The van der Waals surface area contributed by atoms with Crippen LogP contribution in [0.1, 0.15) is 11.3 Å². The summed E-state index contributed by atoms with van der Waals surface area (Å²) in [6, 6.07) is 9.09. The molecule has 0 saturated heterocycles. The molecular weight excluding hydrogens is 310 g/mol. The number of thiazole rings is 1. The fourth-order valence-corrected chi connectivity index (χ4v) is 2.16. The number of carboxylic acid groups (broad SMARTS) is 1. The van der Waals surface area contributed by atoms with Crippen molar-refractivity contribution in [2.45, 2.75) is 6.61 Å². The van der Waals surface area contributed by atoms with E-state index in [4.69, 9.17) is 9.84 Å². The van der Waals surface area contributed by atoms with Gasteiger partial charge in [0.1, 0.15) is 12.3 Å². The summed E-state index contributed by atoms with van der Waals surface area (Å²) in [5.74, 6) is -1.49. The molecule has 1 aromatic heterocycles. The van der Waals surface area contributed by atoms with Crippen LogP contribution in [0.5, 0.6) is 0 Å². The molecule has 0 fully saturated rings. The van der Waals surface area contributed by atoms with Gasteiger partial charge in [-0.15, -0.1) is 11.3 Å². The van der Waals surface area contributed by atoms with Gasteiger partial charge in [-0.05, 0) is 5.56 Å². The number of hydrogen-bond acceptors (Lipinski definition) is 7. The van der Waals surface area contributed by atoms with Gasteiger partial charge in [-0.2, -0.15) is 0 Å². The molecule has 9 heteroatoms. The van der Waals surface area contributed by atoms with E-state index in [9.17, 15) is 14.8 Å². The molecule has 22 heavy (non-hydrogen) atoms. The van der Waals surface area contributed by atoms with E-state index in [0.29, 0.717) is 0 Å². The number of carbonyl (C=O) groups excluding carboxylic acids is 1. The van der Waals surface area contributed by atoms with Crippen molar-refractivity contribution in [3.63, 3.8) is 0 Å². The molecule has 8 nitrogen and oxygen atoms in total. The first-order chi connectivity index (χ1) is 10.6. The van der Waals surface area contributed by atoms with Crippen LogP contribution in [0.3, 0.4) is 0 Å². The maximum Gasteiger partial charge on any atom is 0.413 e. The Morgan fingerprint density at radius 1 is 1.36 bits per heavy atom. The Balaban J connectivity index is 1.92. The van der Waals surface area contributed by atoms with Crippen LogP contribution in [0.2, 0.25) is 0 Å². The summed E-state index contributed by atoms with van der Waals surface area (Å²) in [4.78, 5) is 26.1. The van der Waals surface area contributed by atoms with Crippen LogP contribution in [0.15, 0.2) is 40.9 Å². The van der Waals surface area contributed by atoms with Gasteiger partial charge in [-0.1, -0.05) is 30.3 Å². The highest BCUT2D eigenvalue weighted by molar-refractivity contribution is 7.14. The largest absolute Gasteiger partial charge is 0.791 e. The fourth-order valence-electron chi connectivity index (χ4n) is 1.48. The predicted molar refractivity (Wildman–Crippen MR) is 79.9 cm³/mol. The molecule has 0 spiro atoms. The summed E-state index contributed by atoms with van der Waals surface area (Å²) in [6.45, 7) is 0.0906. The zero-order chi connectivity index (χ0) is 15.9. The van der Waals surface area contributed by atoms with Crippen molar-refractivity contribution in [1.82, 2.24) is 4.98 Å². The van der Waals surface area contributed by atoms with Crippen molar-refractivity contribution in [3.05, 3.63) is 52.2 Å². The third kappa shape index (κ3) is 4.03. The summed E-state index contributed by atoms with van der Waals surface area (Å²) < 4.78 is 4.98. The van der Waals surface area contributed by atoms with Crippen molar-refractivity contribution in [1.29, 1.82) is 0 Å². The van der Waals surface area contributed by atoms with Crippen LogP contribution in [-0.2, 0) is 16.1 Å². The first-order valence-electron chi connectivity index (χ1n) is 5.97. The van der Waals surface area contributed by atoms with E-state index in [1.165, 1.54) is 5.38 Å². The topological polar surface area (TPSA) is 124 Å². The van der Waals surface area contributed by atoms with Gasteiger partial charge >= 0.3 is 12.1 Å². The molecule has 0 radical (unpaired) electrons. The van der Waals surface area contributed by atoms with Crippen LogP contribution in [-0.4, -0.2) is 27.9 Å². The molecule has 2 N–H and O–H groups in total. The Hall–Kier alpha value is -2.94. The van der Waals surface area contributed by atoms with Crippen LogP contribution in [0, 0.1) is 5.21 Å². The third-order valence-electron chi connectivity index (χ3n) is 2.46. The van der Waals surface area contributed by atoms with Gasteiger partial charge in [-0.3, -0.25) is 5.32 Å². The Labute approximate surface area is 128 Å². The molecule has 0 atom stereocenters. The lowest BCUT2D eigenvalue weighted by atomic mass is 10.2. The average Bonchev–Trinajstić information content (AvgIpc) is 2.94. The standard InChI is InChI=1S/C13H11N3O5S/c17-11(18)10(16-20)9-7-22-12(14-9)15-13(19)21-6-8-4-2-1-3-5-8/h1-5,7,20H,6H2,(H,17,18)(H,14,15,19)/p-1/b16-10-. The minimum atomic E-state index is -1.49. The number of hydrogen-bond donors (Lipinski definition) is 2. The lowest BCUT2D eigenvalue weighted by Crippen LogP contribution is -2.16. The first-order valence-corrected chi connectivity index (χ1v) is 6.85. The van der Waals surface area contributed by atoms with Crippen molar-refractivity contribution in [3.8, 4) is 0 Å². The van der Waals surface area contributed by atoms with Gasteiger partial charge in [0.2, 0.25) is 0 Å². The van der Waals surface area contributed by atoms with Crippen molar-refractivity contribution < 1.29 is 19.4 Å².